The summed E-state index contributed by atoms with van der Waals surface area (Å²) in [5.74, 6) is 0. The van der Waals surface area contributed by atoms with Gasteiger partial charge < -0.3 is 9.67 Å². The van der Waals surface area contributed by atoms with Crippen molar-refractivity contribution in [2.24, 2.45) is 7.05 Å². The monoisotopic (exact) mass is 254 g/mol. The van der Waals surface area contributed by atoms with Crippen LogP contribution in [-0.4, -0.2) is 31.2 Å². The lowest BCUT2D eigenvalue weighted by Crippen LogP contribution is -2.26. The van der Waals surface area contributed by atoms with E-state index in [2.05, 4.69) is 4.72 Å². The van der Waals surface area contributed by atoms with Crippen LogP contribution in [0.15, 0.2) is 35.4 Å². The highest BCUT2D eigenvalue weighted by Crippen LogP contribution is 2.23. The molecule has 0 fully saturated rings. The zero-order chi connectivity index (χ0) is 12.5. The van der Waals surface area contributed by atoms with Crippen LogP contribution in [0, 0.1) is 0 Å². The van der Waals surface area contributed by atoms with Gasteiger partial charge in [-0.1, -0.05) is 18.2 Å². The van der Waals surface area contributed by atoms with Crippen LogP contribution in [0.25, 0.3) is 10.9 Å². The fourth-order valence-corrected chi connectivity index (χ4v) is 3.05. The molecule has 0 amide bonds. The molecule has 0 aliphatic heterocycles. The summed E-state index contributed by atoms with van der Waals surface area (Å²) < 4.78 is 28.1. The zero-order valence-corrected chi connectivity index (χ0v) is 10.2. The third kappa shape index (κ3) is 2.19. The first-order valence-electron chi connectivity index (χ1n) is 5.21. The first kappa shape index (κ1) is 12.1. The first-order chi connectivity index (χ1) is 8.06. The minimum absolute atomic E-state index is 0.0194. The quantitative estimate of drug-likeness (QED) is 0.832. The second-order valence-corrected chi connectivity index (χ2v) is 5.48. The third-order valence-electron chi connectivity index (χ3n) is 2.55. The highest BCUT2D eigenvalue weighted by molar-refractivity contribution is 7.89. The van der Waals surface area contributed by atoms with Crippen LogP contribution in [-0.2, 0) is 17.1 Å². The van der Waals surface area contributed by atoms with Crippen molar-refractivity contribution in [1.29, 1.82) is 0 Å². The smallest absolute Gasteiger partial charge is 0.242 e. The standard InChI is InChI=1S/C11H14N2O3S/c1-13-8-11(17(15,16)12-6-7-14)9-4-2-3-5-10(9)13/h2-5,8,12,14H,6-7H2,1H3. The Labute approximate surface area is 99.7 Å². The lowest BCUT2D eigenvalue weighted by atomic mass is 10.2. The fourth-order valence-electron chi connectivity index (χ4n) is 1.78. The van der Waals surface area contributed by atoms with Gasteiger partial charge in [0.05, 0.1) is 6.61 Å². The van der Waals surface area contributed by atoms with Crippen molar-refractivity contribution < 1.29 is 13.5 Å². The number of nitrogens with one attached hydrogen (secondary N) is 1. The van der Waals surface area contributed by atoms with Crippen molar-refractivity contribution in [3.8, 4) is 0 Å². The van der Waals surface area contributed by atoms with E-state index in [1.54, 1.807) is 29.9 Å². The highest BCUT2D eigenvalue weighted by Gasteiger charge is 2.19. The molecule has 0 saturated heterocycles. The molecule has 2 aromatic rings. The second kappa shape index (κ2) is 4.48. The SMILES string of the molecule is Cn1cc(S(=O)(=O)NCCO)c2ccccc21. The van der Waals surface area contributed by atoms with Gasteiger partial charge in [0.1, 0.15) is 4.90 Å². The minimum Gasteiger partial charge on any atom is -0.395 e. The van der Waals surface area contributed by atoms with Crippen LogP contribution < -0.4 is 4.72 Å². The van der Waals surface area contributed by atoms with E-state index in [0.29, 0.717) is 5.39 Å². The molecule has 0 radical (unpaired) electrons. The Balaban J connectivity index is 2.56. The molecule has 0 aliphatic rings. The van der Waals surface area contributed by atoms with Crippen LogP contribution >= 0.6 is 0 Å². The summed E-state index contributed by atoms with van der Waals surface area (Å²) in [6.45, 7) is -0.199. The zero-order valence-electron chi connectivity index (χ0n) is 9.42. The lowest BCUT2D eigenvalue weighted by molar-refractivity contribution is 0.301. The van der Waals surface area contributed by atoms with Crippen LogP contribution in [0.5, 0.6) is 0 Å². The Morgan fingerprint density at radius 3 is 2.76 bits per heavy atom. The van der Waals surface area contributed by atoms with Gasteiger partial charge in [0.2, 0.25) is 10.0 Å². The van der Waals surface area contributed by atoms with Crippen LogP contribution in [0.2, 0.25) is 0 Å². The summed E-state index contributed by atoms with van der Waals surface area (Å²) >= 11 is 0. The number of aliphatic hydroxyl groups excluding tert-OH is 1. The van der Waals surface area contributed by atoms with Gasteiger partial charge in [0.15, 0.2) is 0 Å². The molecule has 2 N–H and O–H groups in total. The van der Waals surface area contributed by atoms with Crippen molar-refractivity contribution >= 4 is 20.9 Å². The number of hydrogen-bond donors (Lipinski definition) is 2. The number of aliphatic hydroxyl groups is 1. The Morgan fingerprint density at radius 2 is 2.06 bits per heavy atom. The molecule has 0 unspecified atom stereocenters. The van der Waals surface area contributed by atoms with Gasteiger partial charge in [-0.05, 0) is 6.07 Å². The maximum Gasteiger partial charge on any atom is 0.242 e. The van der Waals surface area contributed by atoms with Gasteiger partial charge in [0.25, 0.3) is 0 Å². The number of rotatable bonds is 4. The molecular formula is C11H14N2O3S. The number of fused-ring (bicyclic) bond motifs is 1. The molecule has 17 heavy (non-hydrogen) atoms. The van der Waals surface area contributed by atoms with Crippen LogP contribution in [0.1, 0.15) is 0 Å². The summed E-state index contributed by atoms with van der Waals surface area (Å²) in [5, 5.41) is 9.34. The number of aryl methyl sites for hydroxylation is 1. The van der Waals surface area contributed by atoms with E-state index >= 15 is 0 Å². The molecule has 1 aromatic carbocycles. The van der Waals surface area contributed by atoms with Gasteiger partial charge in [-0.15, -0.1) is 0 Å². The van der Waals surface area contributed by atoms with Crippen molar-refractivity contribution in [1.82, 2.24) is 9.29 Å². The summed E-state index contributed by atoms with van der Waals surface area (Å²) in [4.78, 5) is 0.240. The Kier molecular flexibility index (Phi) is 3.19. The third-order valence-corrected chi connectivity index (χ3v) is 4.04. The number of benzene rings is 1. The number of hydrogen-bond acceptors (Lipinski definition) is 3. The van der Waals surface area contributed by atoms with Gasteiger partial charge in [-0.2, -0.15) is 0 Å². The molecule has 0 atom stereocenters. The molecule has 1 aromatic heterocycles. The van der Waals surface area contributed by atoms with E-state index in [1.165, 1.54) is 0 Å². The number of sulfonamides is 1. The van der Waals surface area contributed by atoms with Gasteiger partial charge in [-0.25, -0.2) is 13.1 Å². The number of para-hydroxylation sites is 1. The Morgan fingerprint density at radius 1 is 1.35 bits per heavy atom. The molecule has 0 aliphatic carbocycles. The second-order valence-electron chi connectivity index (χ2n) is 3.74. The molecule has 0 spiro atoms. The van der Waals surface area contributed by atoms with E-state index in [4.69, 9.17) is 5.11 Å². The van der Waals surface area contributed by atoms with E-state index in [1.807, 2.05) is 12.1 Å². The van der Waals surface area contributed by atoms with E-state index in [9.17, 15) is 8.42 Å². The number of nitrogens with zero attached hydrogens (tertiary/aromatic N) is 1. The normalized spacial score (nSPS) is 12.1. The molecule has 0 bridgehead atoms. The van der Waals surface area contributed by atoms with E-state index in [-0.39, 0.29) is 18.0 Å². The summed E-state index contributed by atoms with van der Waals surface area (Å²) in [6, 6.07) is 7.29. The Hall–Kier alpha value is -1.37. The van der Waals surface area contributed by atoms with Crippen molar-refractivity contribution in [2.45, 2.75) is 4.90 Å². The fraction of sp³-hybridized carbons (Fsp3) is 0.273. The molecule has 2 rings (SSSR count). The molecule has 6 heteroatoms. The molecule has 0 saturated carbocycles. The summed E-state index contributed by atoms with van der Waals surface area (Å²) in [7, 11) is -1.76. The van der Waals surface area contributed by atoms with Crippen LogP contribution in [0.3, 0.4) is 0 Å². The van der Waals surface area contributed by atoms with Gasteiger partial charge >= 0.3 is 0 Å². The first-order valence-corrected chi connectivity index (χ1v) is 6.69. The molecular weight excluding hydrogens is 240 g/mol. The highest BCUT2D eigenvalue weighted by atomic mass is 32.2. The molecule has 5 nitrogen and oxygen atoms in total. The lowest BCUT2D eigenvalue weighted by Gasteiger charge is -2.03. The van der Waals surface area contributed by atoms with Crippen molar-refractivity contribution in [3.05, 3.63) is 30.5 Å². The summed E-state index contributed by atoms with van der Waals surface area (Å²) in [5.41, 5.74) is 0.858. The maximum atomic E-state index is 12.0. The number of aromatic nitrogens is 1. The maximum absolute atomic E-state index is 12.0. The van der Waals surface area contributed by atoms with Crippen molar-refractivity contribution in [2.75, 3.05) is 13.2 Å². The summed E-state index contributed by atoms with van der Waals surface area (Å²) in [6.07, 6.45) is 1.57. The topological polar surface area (TPSA) is 71.3 Å². The van der Waals surface area contributed by atoms with E-state index in [0.717, 1.165) is 5.52 Å². The average molecular weight is 254 g/mol. The van der Waals surface area contributed by atoms with Crippen molar-refractivity contribution in [3.63, 3.8) is 0 Å². The molecule has 1 heterocycles. The van der Waals surface area contributed by atoms with Gasteiger partial charge in [0, 0.05) is 30.7 Å². The van der Waals surface area contributed by atoms with Gasteiger partial charge in [-0.3, -0.25) is 0 Å². The van der Waals surface area contributed by atoms with E-state index < -0.39 is 10.0 Å². The average Bonchev–Trinajstić information content (AvgIpc) is 2.66. The predicted octanol–water partition coefficient (Wildman–Crippen LogP) is 0.449. The minimum atomic E-state index is -3.56. The molecule has 92 valence electrons. The van der Waals surface area contributed by atoms with Crippen LogP contribution in [0.4, 0.5) is 0 Å². The predicted molar refractivity (Wildman–Crippen MR) is 65.2 cm³/mol. The Bertz CT molecular complexity index is 631. The largest absolute Gasteiger partial charge is 0.395 e.